The van der Waals surface area contributed by atoms with E-state index >= 15 is 0 Å². The number of alkyl carbamates (subject to hydrolysis) is 1. The SMILES string of the molecule is CCCc1sc(N)c(C#N)c1CCNC(=O)OC(C)(C)C. The molecule has 6 heteroatoms. The van der Waals surface area contributed by atoms with Gasteiger partial charge in [-0.05, 0) is 39.2 Å². The lowest BCUT2D eigenvalue weighted by atomic mass is 10.1. The van der Waals surface area contributed by atoms with Gasteiger partial charge in [-0.15, -0.1) is 11.3 Å². The Kier molecular flexibility index (Phi) is 6.03. The highest BCUT2D eigenvalue weighted by Crippen LogP contribution is 2.31. The molecule has 1 heterocycles. The van der Waals surface area contributed by atoms with Crippen molar-refractivity contribution in [2.75, 3.05) is 12.3 Å². The van der Waals surface area contributed by atoms with Crippen LogP contribution in [-0.2, 0) is 17.6 Å². The number of carbonyl (C=O) groups is 1. The number of nitrogens with two attached hydrogens (primary N) is 1. The molecule has 0 aliphatic carbocycles. The number of carbonyl (C=O) groups excluding carboxylic acids is 1. The Labute approximate surface area is 130 Å². The zero-order valence-corrected chi connectivity index (χ0v) is 13.9. The van der Waals surface area contributed by atoms with Gasteiger partial charge in [0.15, 0.2) is 0 Å². The number of hydrogen-bond donors (Lipinski definition) is 2. The maximum atomic E-state index is 11.6. The molecule has 0 aliphatic heterocycles. The van der Waals surface area contributed by atoms with Gasteiger partial charge in [0.1, 0.15) is 16.7 Å². The second-order valence-corrected chi connectivity index (χ2v) is 6.92. The minimum Gasteiger partial charge on any atom is -0.444 e. The molecule has 21 heavy (non-hydrogen) atoms. The van der Waals surface area contributed by atoms with Crippen LogP contribution in [0.4, 0.5) is 9.80 Å². The lowest BCUT2D eigenvalue weighted by molar-refractivity contribution is 0.0528. The van der Waals surface area contributed by atoms with Crippen molar-refractivity contribution in [3.63, 3.8) is 0 Å². The van der Waals surface area contributed by atoms with Crippen molar-refractivity contribution < 1.29 is 9.53 Å². The van der Waals surface area contributed by atoms with Gasteiger partial charge in [-0.25, -0.2) is 4.79 Å². The van der Waals surface area contributed by atoms with E-state index in [1.165, 1.54) is 11.3 Å². The molecule has 116 valence electrons. The van der Waals surface area contributed by atoms with Crippen molar-refractivity contribution in [2.45, 2.75) is 52.6 Å². The monoisotopic (exact) mass is 309 g/mol. The Morgan fingerprint density at radius 2 is 2.10 bits per heavy atom. The number of hydrogen-bond acceptors (Lipinski definition) is 5. The number of nitriles is 1. The number of nitrogens with zero attached hydrogens (tertiary/aromatic N) is 1. The average Bonchev–Trinajstić information content (AvgIpc) is 2.63. The van der Waals surface area contributed by atoms with Crippen LogP contribution in [0.25, 0.3) is 0 Å². The summed E-state index contributed by atoms with van der Waals surface area (Å²) in [6.45, 7) is 7.97. The van der Waals surface area contributed by atoms with Crippen LogP contribution in [0.3, 0.4) is 0 Å². The second-order valence-electron chi connectivity index (χ2n) is 5.78. The summed E-state index contributed by atoms with van der Waals surface area (Å²) in [6.07, 6.45) is 2.04. The second kappa shape index (κ2) is 7.32. The van der Waals surface area contributed by atoms with E-state index in [4.69, 9.17) is 10.5 Å². The van der Waals surface area contributed by atoms with Crippen molar-refractivity contribution >= 4 is 22.4 Å². The van der Waals surface area contributed by atoms with Crippen LogP contribution in [-0.4, -0.2) is 18.2 Å². The number of ether oxygens (including phenoxy) is 1. The molecule has 1 aromatic rings. The molecule has 0 saturated carbocycles. The average molecular weight is 309 g/mol. The van der Waals surface area contributed by atoms with Crippen LogP contribution in [0.1, 0.15) is 50.1 Å². The van der Waals surface area contributed by atoms with Crippen molar-refractivity contribution in [1.82, 2.24) is 5.32 Å². The summed E-state index contributed by atoms with van der Waals surface area (Å²) in [4.78, 5) is 12.7. The smallest absolute Gasteiger partial charge is 0.407 e. The number of nitrogens with one attached hydrogen (secondary N) is 1. The molecule has 1 aromatic heterocycles. The van der Waals surface area contributed by atoms with Crippen LogP contribution in [0.15, 0.2) is 0 Å². The van der Waals surface area contributed by atoms with Crippen molar-refractivity contribution in [3.8, 4) is 6.07 Å². The van der Waals surface area contributed by atoms with Crippen molar-refractivity contribution in [3.05, 3.63) is 16.0 Å². The minimum atomic E-state index is -0.512. The Bertz CT molecular complexity index is 538. The summed E-state index contributed by atoms with van der Waals surface area (Å²) in [6, 6.07) is 2.16. The van der Waals surface area contributed by atoms with Gasteiger partial charge in [-0.1, -0.05) is 13.3 Å². The van der Waals surface area contributed by atoms with Crippen LogP contribution < -0.4 is 11.1 Å². The number of nitrogen functional groups attached to an aromatic ring is 1. The molecule has 0 atom stereocenters. The van der Waals surface area contributed by atoms with Gasteiger partial charge in [0.25, 0.3) is 0 Å². The third kappa shape index (κ3) is 5.27. The van der Waals surface area contributed by atoms with Gasteiger partial charge in [0.05, 0.1) is 5.56 Å². The van der Waals surface area contributed by atoms with Crippen LogP contribution in [0.5, 0.6) is 0 Å². The zero-order valence-electron chi connectivity index (χ0n) is 13.1. The normalized spacial score (nSPS) is 11.0. The van der Waals surface area contributed by atoms with Crippen molar-refractivity contribution in [2.24, 2.45) is 0 Å². The van der Waals surface area contributed by atoms with Gasteiger partial charge in [-0.2, -0.15) is 5.26 Å². The number of anilines is 1. The maximum absolute atomic E-state index is 11.6. The molecule has 0 radical (unpaired) electrons. The van der Waals surface area contributed by atoms with E-state index in [2.05, 4.69) is 18.3 Å². The maximum Gasteiger partial charge on any atom is 0.407 e. The van der Waals surface area contributed by atoms with Gasteiger partial charge >= 0.3 is 6.09 Å². The third-order valence-corrected chi connectivity index (χ3v) is 3.87. The standard InChI is InChI=1S/C15H23N3O2S/c1-5-6-12-10(11(9-16)13(17)21-12)7-8-18-14(19)20-15(2,3)4/h5-8,17H2,1-4H3,(H,18,19). The van der Waals surface area contributed by atoms with Gasteiger partial charge in [0, 0.05) is 11.4 Å². The molecule has 3 N–H and O–H groups in total. The van der Waals surface area contributed by atoms with E-state index in [-0.39, 0.29) is 0 Å². The summed E-state index contributed by atoms with van der Waals surface area (Å²) in [5.74, 6) is 0. The molecule has 0 aromatic carbocycles. The highest BCUT2D eigenvalue weighted by Gasteiger charge is 2.18. The molecule has 5 nitrogen and oxygen atoms in total. The fraction of sp³-hybridized carbons (Fsp3) is 0.600. The molecule has 1 rings (SSSR count). The lowest BCUT2D eigenvalue weighted by Gasteiger charge is -2.19. The highest BCUT2D eigenvalue weighted by atomic mass is 32.1. The van der Waals surface area contributed by atoms with Crippen molar-refractivity contribution in [1.29, 1.82) is 5.26 Å². The van der Waals surface area contributed by atoms with E-state index in [0.717, 1.165) is 23.3 Å². The predicted molar refractivity (Wildman–Crippen MR) is 85.4 cm³/mol. The number of thiophene rings is 1. The molecule has 0 fully saturated rings. The minimum absolute atomic E-state index is 0.427. The third-order valence-electron chi connectivity index (χ3n) is 2.75. The zero-order chi connectivity index (χ0) is 16.0. The summed E-state index contributed by atoms with van der Waals surface area (Å²) < 4.78 is 5.18. The highest BCUT2D eigenvalue weighted by molar-refractivity contribution is 7.16. The Morgan fingerprint density at radius 1 is 1.43 bits per heavy atom. The fourth-order valence-electron chi connectivity index (χ4n) is 1.95. The van der Waals surface area contributed by atoms with E-state index in [1.54, 1.807) is 0 Å². The summed E-state index contributed by atoms with van der Waals surface area (Å²) >= 11 is 1.47. The first-order valence-corrected chi connectivity index (χ1v) is 7.87. The summed E-state index contributed by atoms with van der Waals surface area (Å²) in [7, 11) is 0. The molecule has 0 unspecified atom stereocenters. The van der Waals surface area contributed by atoms with Crippen LogP contribution in [0.2, 0.25) is 0 Å². The predicted octanol–water partition coefficient (Wildman–Crippen LogP) is 3.22. The van der Waals surface area contributed by atoms with Crippen LogP contribution >= 0.6 is 11.3 Å². The topological polar surface area (TPSA) is 88.1 Å². The van der Waals surface area contributed by atoms with E-state index in [1.807, 2.05) is 20.8 Å². The van der Waals surface area contributed by atoms with Gasteiger partial charge in [-0.3, -0.25) is 0 Å². The molecule has 0 spiro atoms. The Balaban J connectivity index is 2.67. The summed E-state index contributed by atoms with van der Waals surface area (Å²) in [5.41, 5.74) is 6.88. The van der Waals surface area contributed by atoms with E-state index in [0.29, 0.717) is 23.5 Å². The molecule has 0 saturated heterocycles. The first-order valence-electron chi connectivity index (χ1n) is 7.05. The first kappa shape index (κ1) is 17.3. The fourth-order valence-corrected chi connectivity index (χ4v) is 3.12. The number of rotatable bonds is 5. The molecule has 1 amide bonds. The molecular formula is C15H23N3O2S. The largest absolute Gasteiger partial charge is 0.444 e. The van der Waals surface area contributed by atoms with Crippen LogP contribution in [0, 0.1) is 11.3 Å². The van der Waals surface area contributed by atoms with E-state index < -0.39 is 11.7 Å². The number of amides is 1. The Hall–Kier alpha value is -1.74. The Morgan fingerprint density at radius 3 is 2.62 bits per heavy atom. The molecule has 0 bridgehead atoms. The van der Waals surface area contributed by atoms with Gasteiger partial charge in [0.2, 0.25) is 0 Å². The van der Waals surface area contributed by atoms with Gasteiger partial charge < -0.3 is 15.8 Å². The quantitative estimate of drug-likeness (QED) is 0.874. The summed E-state index contributed by atoms with van der Waals surface area (Å²) in [5, 5.41) is 12.5. The molecule has 0 aliphatic rings. The number of aryl methyl sites for hydroxylation is 1. The lowest BCUT2D eigenvalue weighted by Crippen LogP contribution is -2.33. The first-order chi connectivity index (χ1) is 9.78. The van der Waals surface area contributed by atoms with E-state index in [9.17, 15) is 10.1 Å². The molecular weight excluding hydrogens is 286 g/mol.